The molecule has 5 rings (SSSR count). The minimum atomic E-state index is -0.483. The highest BCUT2D eigenvalue weighted by Crippen LogP contribution is 2.45. The van der Waals surface area contributed by atoms with E-state index in [2.05, 4.69) is 21.9 Å². The number of ether oxygens (including phenoxy) is 2. The van der Waals surface area contributed by atoms with Crippen molar-refractivity contribution in [2.24, 2.45) is 5.73 Å². The van der Waals surface area contributed by atoms with Crippen LogP contribution in [0.1, 0.15) is 37.7 Å². The minimum Gasteiger partial charge on any atom is -0.378 e. The molecule has 4 aliphatic rings. The highest BCUT2D eigenvalue weighted by molar-refractivity contribution is 5.90. The van der Waals surface area contributed by atoms with E-state index in [4.69, 9.17) is 15.2 Å². The molecule has 3 aliphatic heterocycles. The molecule has 6 nitrogen and oxygen atoms in total. The lowest BCUT2D eigenvalue weighted by Crippen LogP contribution is -2.69. The number of nitrogens with two attached hydrogens (primary N) is 1. The maximum Gasteiger partial charge on any atom is 0.233 e. The second-order valence-corrected chi connectivity index (χ2v) is 9.48. The maximum atomic E-state index is 13.9. The van der Waals surface area contributed by atoms with Gasteiger partial charge in [0.25, 0.3) is 0 Å². The van der Waals surface area contributed by atoms with Crippen molar-refractivity contribution < 1.29 is 14.3 Å². The monoisotopic (exact) mass is 399 g/mol. The van der Waals surface area contributed by atoms with Gasteiger partial charge < -0.3 is 20.1 Å². The first kappa shape index (κ1) is 19.5. The number of nitrogens with zero attached hydrogens (tertiary/aromatic N) is 2. The summed E-state index contributed by atoms with van der Waals surface area (Å²) >= 11 is 0. The summed E-state index contributed by atoms with van der Waals surface area (Å²) in [6.45, 7) is 5.08. The fraction of sp³-hybridized carbons (Fsp3) is 0.696. The highest BCUT2D eigenvalue weighted by Gasteiger charge is 2.54. The number of hydrogen-bond donors (Lipinski definition) is 1. The molecule has 2 N–H and O–H groups in total. The highest BCUT2D eigenvalue weighted by atomic mass is 16.5. The van der Waals surface area contributed by atoms with Gasteiger partial charge in [0.1, 0.15) is 0 Å². The Morgan fingerprint density at radius 2 is 1.86 bits per heavy atom. The Kier molecular flexibility index (Phi) is 5.14. The fourth-order valence-corrected chi connectivity index (χ4v) is 6.05. The van der Waals surface area contributed by atoms with Gasteiger partial charge in [0.15, 0.2) is 0 Å². The summed E-state index contributed by atoms with van der Waals surface area (Å²) in [6, 6.07) is 10.8. The van der Waals surface area contributed by atoms with Gasteiger partial charge in [0, 0.05) is 25.2 Å². The third kappa shape index (κ3) is 3.30. The number of morpholine rings is 1. The summed E-state index contributed by atoms with van der Waals surface area (Å²) < 4.78 is 12.1. The molecule has 1 amide bonds. The van der Waals surface area contributed by atoms with E-state index in [9.17, 15) is 4.79 Å². The standard InChI is InChI=1S/C23H33N3O3/c24-19-12-23(13-19,18-6-2-1-3-7-18)21(27)25-10-11-28-16-22(15-25)17-29-14-20-8-4-5-9-26(20)22/h1-3,6-7,19-20H,4-5,8-17,24H2/t19?,20-,22+,23?/m1/s1. The molecule has 1 aliphatic carbocycles. The van der Waals surface area contributed by atoms with Gasteiger partial charge in [0.2, 0.25) is 5.91 Å². The smallest absolute Gasteiger partial charge is 0.233 e. The Morgan fingerprint density at radius 3 is 2.66 bits per heavy atom. The van der Waals surface area contributed by atoms with Crippen molar-refractivity contribution in [3.05, 3.63) is 35.9 Å². The van der Waals surface area contributed by atoms with Crippen LogP contribution in [0.3, 0.4) is 0 Å². The first-order valence-electron chi connectivity index (χ1n) is 11.2. The molecule has 1 saturated carbocycles. The molecule has 1 spiro atoms. The Hall–Kier alpha value is -1.47. The number of piperidine rings is 1. The first-order chi connectivity index (χ1) is 14.1. The summed E-state index contributed by atoms with van der Waals surface area (Å²) in [5.74, 6) is 0.217. The average molecular weight is 400 g/mol. The molecule has 29 heavy (non-hydrogen) atoms. The summed E-state index contributed by atoms with van der Waals surface area (Å²) in [7, 11) is 0. The zero-order chi connectivity index (χ0) is 19.9. The van der Waals surface area contributed by atoms with Crippen molar-refractivity contribution in [2.75, 3.05) is 46.1 Å². The number of benzene rings is 1. The van der Waals surface area contributed by atoms with Crippen LogP contribution < -0.4 is 5.73 Å². The molecule has 4 fully saturated rings. The van der Waals surface area contributed by atoms with Crippen molar-refractivity contribution in [3.63, 3.8) is 0 Å². The number of fused-ring (bicyclic) bond motifs is 2. The molecule has 0 radical (unpaired) electrons. The quantitative estimate of drug-likeness (QED) is 0.817. The van der Waals surface area contributed by atoms with E-state index < -0.39 is 5.41 Å². The zero-order valence-electron chi connectivity index (χ0n) is 17.2. The lowest BCUT2D eigenvalue weighted by atomic mass is 9.61. The molecule has 3 heterocycles. The van der Waals surface area contributed by atoms with Crippen LogP contribution in [0.15, 0.2) is 30.3 Å². The number of carbonyl (C=O) groups excluding carboxylic acids is 1. The third-order valence-corrected chi connectivity index (χ3v) is 7.52. The van der Waals surface area contributed by atoms with Crippen molar-refractivity contribution in [2.45, 2.75) is 55.1 Å². The Morgan fingerprint density at radius 1 is 1.07 bits per heavy atom. The van der Waals surface area contributed by atoms with Crippen molar-refractivity contribution >= 4 is 5.91 Å². The van der Waals surface area contributed by atoms with Crippen LogP contribution in [0.5, 0.6) is 0 Å². The number of amides is 1. The van der Waals surface area contributed by atoms with Crippen molar-refractivity contribution in [1.82, 2.24) is 9.80 Å². The van der Waals surface area contributed by atoms with E-state index >= 15 is 0 Å². The van der Waals surface area contributed by atoms with Gasteiger partial charge in [-0.3, -0.25) is 9.69 Å². The lowest BCUT2D eigenvalue weighted by molar-refractivity contribution is -0.155. The van der Waals surface area contributed by atoms with Gasteiger partial charge in [0.05, 0.1) is 37.4 Å². The SMILES string of the molecule is NC1CC(C(=O)N2CCOC[C@]3(COC[C@H]4CCCCN43)C2)(c2ccccc2)C1. The normalized spacial score (nSPS) is 38.2. The molecule has 0 bridgehead atoms. The molecular weight excluding hydrogens is 366 g/mol. The Balaban J connectivity index is 1.43. The molecule has 2 atom stereocenters. The van der Waals surface area contributed by atoms with Crippen molar-refractivity contribution in [1.29, 1.82) is 0 Å². The van der Waals surface area contributed by atoms with Crippen LogP contribution in [-0.2, 0) is 19.7 Å². The van der Waals surface area contributed by atoms with Crippen LogP contribution in [-0.4, -0.2) is 79.4 Å². The van der Waals surface area contributed by atoms with Crippen LogP contribution in [0.2, 0.25) is 0 Å². The van der Waals surface area contributed by atoms with Gasteiger partial charge in [-0.15, -0.1) is 0 Å². The summed E-state index contributed by atoms with van der Waals surface area (Å²) in [5.41, 5.74) is 6.58. The van der Waals surface area contributed by atoms with Gasteiger partial charge in [-0.25, -0.2) is 0 Å². The van der Waals surface area contributed by atoms with E-state index in [1.807, 2.05) is 18.2 Å². The molecule has 1 aromatic rings. The summed E-state index contributed by atoms with van der Waals surface area (Å²) in [6.07, 6.45) is 5.11. The number of hydrogen-bond acceptors (Lipinski definition) is 5. The molecule has 0 aromatic heterocycles. The molecule has 6 heteroatoms. The molecule has 1 aromatic carbocycles. The fourth-order valence-electron chi connectivity index (χ4n) is 6.05. The Bertz CT molecular complexity index is 734. The number of rotatable bonds is 2. The van der Waals surface area contributed by atoms with Crippen LogP contribution in [0.25, 0.3) is 0 Å². The van der Waals surface area contributed by atoms with Crippen LogP contribution in [0, 0.1) is 0 Å². The largest absolute Gasteiger partial charge is 0.378 e. The predicted molar refractivity (Wildman–Crippen MR) is 111 cm³/mol. The van der Waals surface area contributed by atoms with Gasteiger partial charge in [-0.05, 0) is 37.8 Å². The van der Waals surface area contributed by atoms with E-state index in [1.165, 1.54) is 19.3 Å². The van der Waals surface area contributed by atoms with Crippen molar-refractivity contribution in [3.8, 4) is 0 Å². The van der Waals surface area contributed by atoms with Crippen LogP contribution >= 0.6 is 0 Å². The Labute approximate surface area is 173 Å². The lowest BCUT2D eigenvalue weighted by Gasteiger charge is -2.54. The predicted octanol–water partition coefficient (Wildman–Crippen LogP) is 1.53. The molecular formula is C23H33N3O3. The van der Waals surface area contributed by atoms with E-state index in [0.717, 1.165) is 31.6 Å². The third-order valence-electron chi connectivity index (χ3n) is 7.52. The molecule has 158 valence electrons. The summed E-state index contributed by atoms with van der Waals surface area (Å²) in [4.78, 5) is 18.6. The van der Waals surface area contributed by atoms with Gasteiger partial charge >= 0.3 is 0 Å². The van der Waals surface area contributed by atoms with Crippen LogP contribution in [0.4, 0.5) is 0 Å². The van der Waals surface area contributed by atoms with Gasteiger partial charge in [-0.2, -0.15) is 0 Å². The average Bonchev–Trinajstić information content (AvgIpc) is 2.95. The number of carbonyl (C=O) groups is 1. The maximum absolute atomic E-state index is 13.9. The van der Waals surface area contributed by atoms with E-state index in [-0.39, 0.29) is 17.5 Å². The second-order valence-electron chi connectivity index (χ2n) is 9.48. The zero-order valence-corrected chi connectivity index (χ0v) is 17.2. The molecule has 0 unspecified atom stereocenters. The van der Waals surface area contributed by atoms with E-state index in [0.29, 0.717) is 39.0 Å². The van der Waals surface area contributed by atoms with Gasteiger partial charge in [-0.1, -0.05) is 36.8 Å². The van der Waals surface area contributed by atoms with E-state index in [1.54, 1.807) is 0 Å². The topological polar surface area (TPSA) is 68.0 Å². The molecule has 3 saturated heterocycles. The summed E-state index contributed by atoms with van der Waals surface area (Å²) in [5, 5.41) is 0. The minimum absolute atomic E-state index is 0.0980. The second kappa shape index (κ2) is 7.65. The first-order valence-corrected chi connectivity index (χ1v) is 11.2.